The molecule has 9 heteroatoms. The summed E-state index contributed by atoms with van der Waals surface area (Å²) in [6, 6.07) is 6.17. The third-order valence-electron chi connectivity index (χ3n) is 3.86. The van der Waals surface area contributed by atoms with Crippen molar-refractivity contribution in [1.82, 2.24) is 4.31 Å². The van der Waals surface area contributed by atoms with Crippen LogP contribution in [0.2, 0.25) is 5.02 Å². The maximum Gasteiger partial charge on any atom is 0.266 e. The topological polar surface area (TPSA) is 75.7 Å². The number of morpholine rings is 1. The van der Waals surface area contributed by atoms with E-state index in [1.165, 1.54) is 33.8 Å². The Morgan fingerprint density at radius 3 is 2.64 bits per heavy atom. The molecular weight excluding hydrogens is 384 g/mol. The van der Waals surface area contributed by atoms with Crippen molar-refractivity contribution in [2.45, 2.75) is 11.8 Å². The number of thiophene rings is 1. The Kier molecular flexibility index (Phi) is 5.45. The van der Waals surface area contributed by atoms with Crippen LogP contribution in [-0.2, 0) is 14.8 Å². The molecule has 0 saturated carbocycles. The Bertz CT molecular complexity index is 889. The van der Waals surface area contributed by atoms with Gasteiger partial charge in [0.15, 0.2) is 0 Å². The van der Waals surface area contributed by atoms with Crippen LogP contribution in [0.25, 0.3) is 0 Å². The van der Waals surface area contributed by atoms with Gasteiger partial charge in [-0.3, -0.25) is 4.79 Å². The molecule has 1 aromatic carbocycles. The predicted molar refractivity (Wildman–Crippen MR) is 98.0 cm³/mol. The highest BCUT2D eigenvalue weighted by molar-refractivity contribution is 7.89. The second-order valence-corrected chi connectivity index (χ2v) is 8.81. The zero-order valence-corrected chi connectivity index (χ0v) is 15.9. The lowest BCUT2D eigenvalue weighted by molar-refractivity contribution is 0.0730. The van der Waals surface area contributed by atoms with E-state index in [-0.39, 0.29) is 21.5 Å². The fourth-order valence-corrected chi connectivity index (χ4v) is 4.90. The quantitative estimate of drug-likeness (QED) is 0.856. The number of halogens is 1. The van der Waals surface area contributed by atoms with Gasteiger partial charge in [-0.2, -0.15) is 4.31 Å². The minimum absolute atomic E-state index is 0.0944. The van der Waals surface area contributed by atoms with Gasteiger partial charge in [-0.25, -0.2) is 8.42 Å². The molecule has 1 amide bonds. The van der Waals surface area contributed by atoms with Crippen LogP contribution in [-0.4, -0.2) is 44.9 Å². The Morgan fingerprint density at radius 2 is 2.00 bits per heavy atom. The van der Waals surface area contributed by atoms with Crippen LogP contribution in [0.15, 0.2) is 34.5 Å². The van der Waals surface area contributed by atoms with Crippen LogP contribution in [0.1, 0.15) is 15.2 Å². The van der Waals surface area contributed by atoms with Gasteiger partial charge < -0.3 is 10.1 Å². The number of carbonyl (C=O) groups is 1. The third-order valence-corrected chi connectivity index (χ3v) is 7.10. The highest BCUT2D eigenvalue weighted by Crippen LogP contribution is 2.28. The van der Waals surface area contributed by atoms with Gasteiger partial charge in [0.2, 0.25) is 10.0 Å². The SMILES string of the molecule is Cc1ccsc1C(=O)Nc1cc(S(=O)(=O)N2CCOCC2)ccc1Cl. The van der Waals surface area contributed by atoms with Crippen LogP contribution in [0.3, 0.4) is 0 Å². The van der Waals surface area contributed by atoms with Gasteiger partial charge in [0.05, 0.1) is 33.7 Å². The Hall–Kier alpha value is -1.45. The van der Waals surface area contributed by atoms with Crippen LogP contribution in [0, 0.1) is 6.92 Å². The summed E-state index contributed by atoms with van der Waals surface area (Å²) in [6.45, 7) is 3.19. The molecule has 2 aromatic rings. The van der Waals surface area contributed by atoms with Crippen molar-refractivity contribution >= 4 is 44.6 Å². The van der Waals surface area contributed by atoms with Gasteiger partial charge >= 0.3 is 0 Å². The van der Waals surface area contributed by atoms with Gasteiger partial charge in [0, 0.05) is 13.1 Å². The van der Waals surface area contributed by atoms with Crippen LogP contribution >= 0.6 is 22.9 Å². The maximum atomic E-state index is 12.7. The number of carbonyl (C=O) groups excluding carboxylic acids is 1. The smallest absolute Gasteiger partial charge is 0.266 e. The van der Waals surface area contributed by atoms with Crippen molar-refractivity contribution in [3.63, 3.8) is 0 Å². The van der Waals surface area contributed by atoms with E-state index < -0.39 is 10.0 Å². The van der Waals surface area contributed by atoms with Gasteiger partial charge in [0.25, 0.3) is 5.91 Å². The fraction of sp³-hybridized carbons (Fsp3) is 0.312. The largest absolute Gasteiger partial charge is 0.379 e. The van der Waals surface area contributed by atoms with Crippen molar-refractivity contribution in [3.05, 3.63) is 45.1 Å². The molecule has 134 valence electrons. The van der Waals surface area contributed by atoms with E-state index in [4.69, 9.17) is 16.3 Å². The molecule has 3 rings (SSSR count). The first-order valence-electron chi connectivity index (χ1n) is 7.62. The Labute approximate surface area is 155 Å². The van der Waals surface area contributed by atoms with Crippen molar-refractivity contribution in [2.75, 3.05) is 31.6 Å². The van der Waals surface area contributed by atoms with Crippen LogP contribution in [0.4, 0.5) is 5.69 Å². The minimum Gasteiger partial charge on any atom is -0.379 e. The molecule has 1 N–H and O–H groups in total. The molecule has 25 heavy (non-hydrogen) atoms. The molecule has 1 aromatic heterocycles. The van der Waals surface area contributed by atoms with Gasteiger partial charge in [-0.15, -0.1) is 11.3 Å². The first-order valence-corrected chi connectivity index (χ1v) is 10.3. The number of rotatable bonds is 4. The monoisotopic (exact) mass is 400 g/mol. The number of aryl methyl sites for hydroxylation is 1. The standard InChI is InChI=1S/C16H17ClN2O4S2/c1-11-4-9-24-15(11)16(20)18-14-10-12(2-3-13(14)17)25(21,22)19-5-7-23-8-6-19/h2-4,9-10H,5-8H2,1H3,(H,18,20). The molecule has 0 spiro atoms. The predicted octanol–water partition coefficient (Wildman–Crippen LogP) is 2.98. The van der Waals surface area contributed by atoms with Crippen LogP contribution in [0.5, 0.6) is 0 Å². The zero-order valence-electron chi connectivity index (χ0n) is 13.5. The van der Waals surface area contributed by atoms with Gasteiger partial charge in [-0.05, 0) is 42.1 Å². The van der Waals surface area contributed by atoms with Crippen molar-refractivity contribution in [3.8, 4) is 0 Å². The normalized spacial score (nSPS) is 15.9. The molecular formula is C16H17ClN2O4S2. The first kappa shape index (κ1) is 18.3. The number of anilines is 1. The van der Waals surface area contributed by atoms with E-state index >= 15 is 0 Å². The molecule has 0 unspecified atom stereocenters. The lowest BCUT2D eigenvalue weighted by Crippen LogP contribution is -2.40. The molecule has 2 heterocycles. The van der Waals surface area contributed by atoms with E-state index in [1.54, 1.807) is 0 Å². The molecule has 0 aliphatic carbocycles. The average molecular weight is 401 g/mol. The third kappa shape index (κ3) is 3.88. The van der Waals surface area contributed by atoms with Crippen molar-refractivity contribution < 1.29 is 17.9 Å². The highest BCUT2D eigenvalue weighted by Gasteiger charge is 2.27. The number of benzene rings is 1. The number of amides is 1. The number of hydrogen-bond donors (Lipinski definition) is 1. The van der Waals surface area contributed by atoms with E-state index in [2.05, 4.69) is 5.32 Å². The van der Waals surface area contributed by atoms with Crippen molar-refractivity contribution in [2.24, 2.45) is 0 Å². The summed E-state index contributed by atoms with van der Waals surface area (Å²) in [6.07, 6.45) is 0. The van der Waals surface area contributed by atoms with Crippen molar-refractivity contribution in [1.29, 1.82) is 0 Å². The van der Waals surface area contributed by atoms with E-state index in [1.807, 2.05) is 18.4 Å². The molecule has 0 bridgehead atoms. The summed E-state index contributed by atoms with van der Waals surface area (Å²) < 4.78 is 32.0. The first-order chi connectivity index (χ1) is 11.9. The summed E-state index contributed by atoms with van der Waals surface area (Å²) in [5.41, 5.74) is 1.13. The summed E-state index contributed by atoms with van der Waals surface area (Å²) in [4.78, 5) is 13.0. The number of ether oxygens (including phenoxy) is 1. The lowest BCUT2D eigenvalue weighted by Gasteiger charge is -2.26. The molecule has 1 saturated heterocycles. The zero-order chi connectivity index (χ0) is 18.0. The molecule has 1 aliphatic heterocycles. The average Bonchev–Trinajstić information content (AvgIpc) is 3.03. The van der Waals surface area contributed by atoms with E-state index in [9.17, 15) is 13.2 Å². The van der Waals surface area contributed by atoms with Gasteiger partial charge in [-0.1, -0.05) is 11.6 Å². The summed E-state index contributed by atoms with van der Waals surface area (Å²) >= 11 is 7.46. The number of nitrogens with zero attached hydrogens (tertiary/aromatic N) is 1. The van der Waals surface area contributed by atoms with E-state index in [0.717, 1.165) is 5.56 Å². The number of sulfonamides is 1. The maximum absolute atomic E-state index is 12.7. The highest BCUT2D eigenvalue weighted by atomic mass is 35.5. The fourth-order valence-electron chi connectivity index (χ4n) is 2.48. The van der Waals surface area contributed by atoms with E-state index in [0.29, 0.717) is 31.2 Å². The molecule has 0 atom stereocenters. The summed E-state index contributed by atoms with van der Waals surface area (Å²) in [5, 5.41) is 4.81. The molecule has 0 radical (unpaired) electrons. The molecule has 6 nitrogen and oxygen atoms in total. The summed E-state index contributed by atoms with van der Waals surface area (Å²) in [5.74, 6) is -0.310. The number of hydrogen-bond acceptors (Lipinski definition) is 5. The van der Waals surface area contributed by atoms with Gasteiger partial charge in [0.1, 0.15) is 0 Å². The Morgan fingerprint density at radius 1 is 1.28 bits per heavy atom. The minimum atomic E-state index is -3.65. The molecule has 1 aliphatic rings. The molecule has 1 fully saturated rings. The van der Waals surface area contributed by atoms with Crippen LogP contribution < -0.4 is 5.32 Å². The number of nitrogens with one attached hydrogen (secondary N) is 1. The Balaban J connectivity index is 1.88. The second-order valence-electron chi connectivity index (χ2n) is 5.54. The lowest BCUT2D eigenvalue weighted by atomic mass is 10.2. The second kappa shape index (κ2) is 7.43. The summed E-state index contributed by atoms with van der Waals surface area (Å²) in [7, 11) is -3.65.